The van der Waals surface area contributed by atoms with Crippen molar-refractivity contribution in [1.82, 2.24) is 25.1 Å². The van der Waals surface area contributed by atoms with E-state index in [1.165, 1.54) is 11.1 Å². The van der Waals surface area contributed by atoms with Crippen molar-refractivity contribution in [2.45, 2.75) is 27.2 Å². The Morgan fingerprint density at radius 3 is 2.62 bits per heavy atom. The lowest BCUT2D eigenvalue weighted by Gasteiger charge is -2.29. The predicted molar refractivity (Wildman–Crippen MR) is 116 cm³/mol. The van der Waals surface area contributed by atoms with E-state index in [-0.39, 0.29) is 0 Å². The van der Waals surface area contributed by atoms with Crippen LogP contribution in [0.1, 0.15) is 23.2 Å². The fraction of sp³-hybridized carbons (Fsp3) is 0.571. The number of aliphatic imine (C=N–C) groups is 1. The standard InChI is InChI=1S/C21H31N7O/c1-15-11-16(2)19-18(12-15)17(3)24-21(25-19)26-20-22-13-28(14-23-20)6-4-5-27-7-9-29-10-8-27/h11-12H,4-10,13-14H2,1-3H3,(H2,22,23,24,25,26). The van der Waals surface area contributed by atoms with Gasteiger partial charge in [0.2, 0.25) is 11.9 Å². The number of hydrogen-bond donors (Lipinski definition) is 2. The molecule has 2 aromatic rings. The van der Waals surface area contributed by atoms with Crippen LogP contribution in [-0.2, 0) is 4.74 Å². The molecule has 0 radical (unpaired) electrons. The summed E-state index contributed by atoms with van der Waals surface area (Å²) in [5.41, 5.74) is 4.37. The smallest absolute Gasteiger partial charge is 0.230 e. The van der Waals surface area contributed by atoms with E-state index in [9.17, 15) is 0 Å². The highest BCUT2D eigenvalue weighted by atomic mass is 16.5. The van der Waals surface area contributed by atoms with Gasteiger partial charge in [-0.05, 0) is 45.4 Å². The Balaban J connectivity index is 1.32. The Morgan fingerprint density at radius 2 is 1.86 bits per heavy atom. The van der Waals surface area contributed by atoms with E-state index in [1.807, 2.05) is 6.92 Å². The molecule has 8 heteroatoms. The first-order valence-corrected chi connectivity index (χ1v) is 10.4. The molecule has 0 bridgehead atoms. The first-order chi connectivity index (χ1) is 14.1. The molecular formula is C21H31N7O. The van der Waals surface area contributed by atoms with Crippen molar-refractivity contribution in [3.8, 4) is 0 Å². The summed E-state index contributed by atoms with van der Waals surface area (Å²) < 4.78 is 5.40. The number of morpholine rings is 1. The molecule has 0 aliphatic carbocycles. The highest BCUT2D eigenvalue weighted by Gasteiger charge is 2.15. The number of fused-ring (bicyclic) bond motifs is 1. The molecule has 2 aliphatic rings. The molecule has 4 rings (SSSR count). The van der Waals surface area contributed by atoms with Crippen molar-refractivity contribution in [2.24, 2.45) is 4.99 Å². The Bertz CT molecular complexity index is 892. The molecular weight excluding hydrogens is 366 g/mol. The second-order valence-electron chi connectivity index (χ2n) is 7.92. The van der Waals surface area contributed by atoms with Crippen LogP contribution in [-0.4, -0.2) is 78.5 Å². The van der Waals surface area contributed by atoms with Gasteiger partial charge in [0.25, 0.3) is 0 Å². The van der Waals surface area contributed by atoms with Gasteiger partial charge in [-0.2, -0.15) is 0 Å². The lowest BCUT2D eigenvalue weighted by Crippen LogP contribution is -2.47. The number of nitrogens with zero attached hydrogens (tertiary/aromatic N) is 5. The van der Waals surface area contributed by atoms with E-state index >= 15 is 0 Å². The van der Waals surface area contributed by atoms with E-state index in [0.717, 1.165) is 75.0 Å². The van der Waals surface area contributed by atoms with Gasteiger partial charge in [-0.25, -0.2) is 15.0 Å². The molecule has 1 aromatic carbocycles. The Morgan fingerprint density at radius 1 is 1.07 bits per heavy atom. The summed E-state index contributed by atoms with van der Waals surface area (Å²) in [4.78, 5) is 18.8. The number of nitrogens with one attached hydrogen (secondary N) is 2. The molecule has 2 aliphatic heterocycles. The molecule has 0 unspecified atom stereocenters. The molecule has 0 amide bonds. The van der Waals surface area contributed by atoms with E-state index in [1.54, 1.807) is 0 Å². The fourth-order valence-corrected chi connectivity index (χ4v) is 3.94. The maximum Gasteiger partial charge on any atom is 0.230 e. The van der Waals surface area contributed by atoms with E-state index in [2.05, 4.69) is 56.4 Å². The van der Waals surface area contributed by atoms with E-state index in [4.69, 9.17) is 9.72 Å². The number of aromatic nitrogens is 2. The summed E-state index contributed by atoms with van der Waals surface area (Å²) in [6.07, 6.45) is 1.14. The molecule has 0 spiro atoms. The third-order valence-electron chi connectivity index (χ3n) is 5.51. The predicted octanol–water partition coefficient (Wildman–Crippen LogP) is 1.87. The van der Waals surface area contributed by atoms with Crippen LogP contribution in [0.25, 0.3) is 10.9 Å². The highest BCUT2D eigenvalue weighted by molar-refractivity contribution is 5.94. The first-order valence-electron chi connectivity index (χ1n) is 10.4. The Kier molecular flexibility index (Phi) is 6.22. The molecule has 29 heavy (non-hydrogen) atoms. The second-order valence-corrected chi connectivity index (χ2v) is 7.92. The van der Waals surface area contributed by atoms with Crippen molar-refractivity contribution in [1.29, 1.82) is 0 Å². The summed E-state index contributed by atoms with van der Waals surface area (Å²) >= 11 is 0. The average Bonchev–Trinajstić information content (AvgIpc) is 2.71. The van der Waals surface area contributed by atoms with Gasteiger partial charge in [0.05, 0.1) is 37.8 Å². The highest BCUT2D eigenvalue weighted by Crippen LogP contribution is 2.22. The molecule has 1 aromatic heterocycles. The SMILES string of the molecule is Cc1cc(C)c2nc(NC3=NCN(CCCN4CCOCC4)CN3)nc(C)c2c1. The number of guanidine groups is 1. The van der Waals surface area contributed by atoms with Crippen LogP contribution < -0.4 is 10.6 Å². The van der Waals surface area contributed by atoms with E-state index in [0.29, 0.717) is 12.6 Å². The Hall–Kier alpha value is -2.29. The number of hydrogen-bond acceptors (Lipinski definition) is 8. The summed E-state index contributed by atoms with van der Waals surface area (Å²) in [7, 11) is 0. The lowest BCUT2D eigenvalue weighted by atomic mass is 10.1. The maximum absolute atomic E-state index is 5.40. The first kappa shape index (κ1) is 20.0. The molecule has 0 atom stereocenters. The minimum atomic E-state index is 0.592. The van der Waals surface area contributed by atoms with Crippen molar-refractivity contribution < 1.29 is 4.74 Å². The van der Waals surface area contributed by atoms with Crippen LogP contribution in [0.3, 0.4) is 0 Å². The third kappa shape index (κ3) is 5.01. The maximum atomic E-state index is 5.40. The monoisotopic (exact) mass is 397 g/mol. The van der Waals surface area contributed by atoms with Crippen molar-refractivity contribution in [2.75, 3.05) is 58.0 Å². The average molecular weight is 398 g/mol. The van der Waals surface area contributed by atoms with Gasteiger partial charge in [-0.1, -0.05) is 11.6 Å². The molecule has 1 fully saturated rings. The quantitative estimate of drug-likeness (QED) is 0.797. The normalized spacial score (nSPS) is 18.5. The summed E-state index contributed by atoms with van der Waals surface area (Å²) in [6, 6.07) is 4.30. The van der Waals surface area contributed by atoms with Crippen LogP contribution in [0.2, 0.25) is 0 Å². The van der Waals surface area contributed by atoms with Gasteiger partial charge >= 0.3 is 0 Å². The van der Waals surface area contributed by atoms with Crippen molar-refractivity contribution in [3.05, 3.63) is 29.0 Å². The number of aryl methyl sites for hydroxylation is 3. The van der Waals surface area contributed by atoms with Gasteiger partial charge in [-0.3, -0.25) is 15.1 Å². The van der Waals surface area contributed by atoms with Gasteiger partial charge in [0.1, 0.15) is 0 Å². The molecule has 0 saturated carbocycles. The zero-order valence-electron chi connectivity index (χ0n) is 17.7. The van der Waals surface area contributed by atoms with Crippen LogP contribution in [0, 0.1) is 20.8 Å². The van der Waals surface area contributed by atoms with Crippen LogP contribution >= 0.6 is 0 Å². The number of ether oxygens (including phenoxy) is 1. The molecule has 156 valence electrons. The van der Waals surface area contributed by atoms with Gasteiger partial charge < -0.3 is 10.1 Å². The Labute approximate surface area is 172 Å². The largest absolute Gasteiger partial charge is 0.379 e. The minimum absolute atomic E-state index is 0.592. The van der Waals surface area contributed by atoms with Crippen molar-refractivity contribution >= 4 is 22.8 Å². The number of benzene rings is 1. The second kappa shape index (κ2) is 9.02. The zero-order chi connectivity index (χ0) is 20.2. The lowest BCUT2D eigenvalue weighted by molar-refractivity contribution is 0.0360. The van der Waals surface area contributed by atoms with Crippen LogP contribution in [0.5, 0.6) is 0 Å². The van der Waals surface area contributed by atoms with E-state index < -0.39 is 0 Å². The zero-order valence-corrected chi connectivity index (χ0v) is 17.7. The number of rotatable bonds is 5. The summed E-state index contributed by atoms with van der Waals surface area (Å²) in [5.74, 6) is 1.33. The molecule has 2 N–H and O–H groups in total. The fourth-order valence-electron chi connectivity index (χ4n) is 3.94. The van der Waals surface area contributed by atoms with Crippen LogP contribution in [0.15, 0.2) is 17.1 Å². The van der Waals surface area contributed by atoms with Crippen molar-refractivity contribution in [3.63, 3.8) is 0 Å². The van der Waals surface area contributed by atoms with Gasteiger partial charge in [0.15, 0.2) is 0 Å². The summed E-state index contributed by atoms with van der Waals surface area (Å²) in [5, 5.41) is 7.71. The summed E-state index contributed by atoms with van der Waals surface area (Å²) in [6.45, 7) is 13.7. The number of anilines is 1. The third-order valence-corrected chi connectivity index (χ3v) is 5.51. The molecule has 3 heterocycles. The van der Waals surface area contributed by atoms with Gasteiger partial charge in [-0.15, -0.1) is 0 Å². The topological polar surface area (TPSA) is 77.9 Å². The minimum Gasteiger partial charge on any atom is -0.379 e. The molecule has 1 saturated heterocycles. The van der Waals surface area contributed by atoms with Gasteiger partial charge in [0, 0.05) is 25.0 Å². The van der Waals surface area contributed by atoms with Crippen LogP contribution in [0.4, 0.5) is 5.95 Å². The molecule has 8 nitrogen and oxygen atoms in total.